The highest BCUT2D eigenvalue weighted by atomic mass is 35.5. The van der Waals surface area contributed by atoms with Crippen LogP contribution in [0.15, 0.2) is 33.7 Å². The monoisotopic (exact) mass is 311 g/mol. The van der Waals surface area contributed by atoms with Gasteiger partial charge in [-0.25, -0.2) is 0 Å². The number of benzene rings is 1. The Bertz CT molecular complexity index is 566. The molecule has 0 atom stereocenters. The first-order valence-corrected chi connectivity index (χ1v) is 7.46. The highest BCUT2D eigenvalue weighted by molar-refractivity contribution is 7.98. The van der Waals surface area contributed by atoms with Gasteiger partial charge < -0.3 is 10.3 Å². The third kappa shape index (κ3) is 3.16. The first-order chi connectivity index (χ1) is 9.16. The Morgan fingerprint density at radius 2 is 2.00 bits per heavy atom. The van der Waals surface area contributed by atoms with E-state index in [2.05, 4.69) is 41.3 Å². The van der Waals surface area contributed by atoms with E-state index < -0.39 is 0 Å². The van der Waals surface area contributed by atoms with E-state index >= 15 is 0 Å². The molecule has 0 bridgehead atoms. The quantitative estimate of drug-likeness (QED) is 0.876. The number of hydrogen-bond acceptors (Lipinski definition) is 5. The van der Waals surface area contributed by atoms with Crippen molar-refractivity contribution in [1.29, 1.82) is 0 Å². The average Bonchev–Trinajstić information content (AvgIpc) is 2.84. The number of nitrogens with zero attached hydrogens (tertiary/aromatic N) is 2. The maximum atomic E-state index is 6.17. The fourth-order valence-corrected chi connectivity index (χ4v) is 2.81. The highest BCUT2D eigenvalue weighted by Crippen LogP contribution is 2.37. The maximum absolute atomic E-state index is 6.17. The molecule has 1 fully saturated rings. The third-order valence-corrected chi connectivity index (χ3v) is 4.54. The molecule has 0 aliphatic heterocycles. The third-order valence-electron chi connectivity index (χ3n) is 3.54. The molecule has 2 N–H and O–H groups in total. The van der Waals surface area contributed by atoms with E-state index in [0.717, 1.165) is 19.3 Å². The van der Waals surface area contributed by atoms with Crippen LogP contribution < -0.4 is 5.73 Å². The van der Waals surface area contributed by atoms with Gasteiger partial charge in [0, 0.05) is 4.90 Å². The first-order valence-electron chi connectivity index (χ1n) is 6.47. The summed E-state index contributed by atoms with van der Waals surface area (Å²) in [7, 11) is 0. The number of hydrogen-bond donors (Lipinski definition) is 1. The zero-order valence-corrected chi connectivity index (χ0v) is 13.0. The molecule has 6 heteroatoms. The Morgan fingerprint density at radius 3 is 2.60 bits per heavy atom. The second-order valence-corrected chi connectivity index (χ2v) is 6.17. The summed E-state index contributed by atoms with van der Waals surface area (Å²) >= 11 is 1.69. The molecular formula is C14H18ClN3OS. The SMILES string of the molecule is Cc1ccc(SCc2nc(C3(N)CCC3)no2)cc1.Cl. The van der Waals surface area contributed by atoms with E-state index in [1.165, 1.54) is 10.5 Å². The van der Waals surface area contributed by atoms with Gasteiger partial charge in [-0.05, 0) is 38.3 Å². The molecule has 20 heavy (non-hydrogen) atoms. The van der Waals surface area contributed by atoms with Gasteiger partial charge in [-0.3, -0.25) is 0 Å². The fourth-order valence-electron chi connectivity index (χ4n) is 2.08. The van der Waals surface area contributed by atoms with Gasteiger partial charge in [0.05, 0.1) is 11.3 Å². The molecule has 0 saturated heterocycles. The van der Waals surface area contributed by atoms with Gasteiger partial charge in [-0.2, -0.15) is 4.98 Å². The van der Waals surface area contributed by atoms with Gasteiger partial charge in [0.1, 0.15) is 0 Å². The lowest BCUT2D eigenvalue weighted by molar-refractivity contribution is 0.229. The molecule has 1 heterocycles. The predicted molar refractivity (Wildman–Crippen MR) is 82.0 cm³/mol. The van der Waals surface area contributed by atoms with Crippen LogP contribution in [-0.4, -0.2) is 10.1 Å². The molecule has 4 nitrogen and oxygen atoms in total. The van der Waals surface area contributed by atoms with Crippen molar-refractivity contribution in [2.45, 2.75) is 42.4 Å². The van der Waals surface area contributed by atoms with Crippen LogP contribution in [-0.2, 0) is 11.3 Å². The zero-order valence-electron chi connectivity index (χ0n) is 11.3. The van der Waals surface area contributed by atoms with E-state index in [-0.39, 0.29) is 17.9 Å². The molecule has 1 aromatic carbocycles. The van der Waals surface area contributed by atoms with Crippen molar-refractivity contribution in [3.63, 3.8) is 0 Å². The molecule has 0 amide bonds. The minimum absolute atomic E-state index is 0. The van der Waals surface area contributed by atoms with Gasteiger partial charge in [0.2, 0.25) is 5.89 Å². The van der Waals surface area contributed by atoms with E-state index in [9.17, 15) is 0 Å². The lowest BCUT2D eigenvalue weighted by Gasteiger charge is -2.34. The van der Waals surface area contributed by atoms with Crippen LogP contribution in [0.25, 0.3) is 0 Å². The number of aromatic nitrogens is 2. The minimum Gasteiger partial charge on any atom is -0.338 e. The second-order valence-electron chi connectivity index (χ2n) is 5.12. The molecule has 1 aliphatic carbocycles. The number of nitrogens with two attached hydrogens (primary N) is 1. The topological polar surface area (TPSA) is 64.9 Å². The van der Waals surface area contributed by atoms with Crippen molar-refractivity contribution in [3.05, 3.63) is 41.5 Å². The predicted octanol–water partition coefficient (Wildman–Crippen LogP) is 3.43. The van der Waals surface area contributed by atoms with Gasteiger partial charge in [0.15, 0.2) is 5.82 Å². The Kier molecular flexibility index (Phi) is 4.73. The van der Waals surface area contributed by atoms with Gasteiger partial charge in [-0.1, -0.05) is 22.9 Å². The summed E-state index contributed by atoms with van der Waals surface area (Å²) in [5, 5.41) is 4.01. The number of rotatable bonds is 4. The first kappa shape index (κ1) is 15.4. The highest BCUT2D eigenvalue weighted by Gasteiger charge is 2.38. The smallest absolute Gasteiger partial charge is 0.237 e. The van der Waals surface area contributed by atoms with Crippen molar-refractivity contribution in [2.75, 3.05) is 0 Å². The molecule has 1 saturated carbocycles. The summed E-state index contributed by atoms with van der Waals surface area (Å²) in [5.41, 5.74) is 7.10. The van der Waals surface area contributed by atoms with Crippen molar-refractivity contribution in [3.8, 4) is 0 Å². The van der Waals surface area contributed by atoms with Crippen molar-refractivity contribution in [2.24, 2.45) is 5.73 Å². The van der Waals surface area contributed by atoms with E-state index in [1.807, 2.05) is 0 Å². The van der Waals surface area contributed by atoms with Crippen molar-refractivity contribution in [1.82, 2.24) is 10.1 Å². The molecule has 1 aliphatic rings. The molecular weight excluding hydrogens is 294 g/mol. The Morgan fingerprint density at radius 1 is 1.30 bits per heavy atom. The standard InChI is InChI=1S/C14H17N3OS.ClH/c1-10-3-5-11(6-4-10)19-9-12-16-13(17-18-12)14(15)7-2-8-14;/h3-6H,2,7-9,15H2,1H3;1H. The van der Waals surface area contributed by atoms with Crippen molar-refractivity contribution >= 4 is 24.2 Å². The minimum atomic E-state index is -0.337. The molecule has 1 aromatic heterocycles. The van der Waals surface area contributed by atoms with Crippen LogP contribution in [0, 0.1) is 6.92 Å². The van der Waals surface area contributed by atoms with Crippen LogP contribution in [0.4, 0.5) is 0 Å². The summed E-state index contributed by atoms with van der Waals surface area (Å²) in [4.78, 5) is 5.62. The molecule has 2 aromatic rings. The second kappa shape index (κ2) is 6.16. The van der Waals surface area contributed by atoms with Crippen LogP contribution in [0.5, 0.6) is 0 Å². The normalized spacial score (nSPS) is 16.3. The van der Waals surface area contributed by atoms with E-state index in [0.29, 0.717) is 17.5 Å². The van der Waals surface area contributed by atoms with Gasteiger partial charge >= 0.3 is 0 Å². The molecule has 3 rings (SSSR count). The number of aryl methyl sites for hydroxylation is 1. The number of halogens is 1. The summed E-state index contributed by atoms with van der Waals surface area (Å²) < 4.78 is 5.27. The van der Waals surface area contributed by atoms with Crippen molar-refractivity contribution < 1.29 is 4.52 Å². The summed E-state index contributed by atoms with van der Waals surface area (Å²) in [6.07, 6.45) is 3.06. The molecule has 0 unspecified atom stereocenters. The van der Waals surface area contributed by atoms with Crippen LogP contribution in [0.2, 0.25) is 0 Å². The van der Waals surface area contributed by atoms with Gasteiger partial charge in [-0.15, -0.1) is 24.2 Å². The lowest BCUT2D eigenvalue weighted by atomic mass is 9.77. The fraction of sp³-hybridized carbons (Fsp3) is 0.429. The largest absolute Gasteiger partial charge is 0.338 e. The maximum Gasteiger partial charge on any atom is 0.237 e. The summed E-state index contributed by atoms with van der Waals surface area (Å²) in [5.74, 6) is 2.00. The Labute approximate surface area is 128 Å². The number of thioether (sulfide) groups is 1. The van der Waals surface area contributed by atoms with Crippen LogP contribution >= 0.6 is 24.2 Å². The Balaban J connectivity index is 0.00000147. The Hall–Kier alpha value is -1.04. The molecule has 0 radical (unpaired) electrons. The molecule has 108 valence electrons. The van der Waals surface area contributed by atoms with E-state index in [4.69, 9.17) is 10.3 Å². The molecule has 0 spiro atoms. The van der Waals surface area contributed by atoms with Crippen LogP contribution in [0.1, 0.15) is 36.5 Å². The zero-order chi connectivity index (χ0) is 13.3. The average molecular weight is 312 g/mol. The lowest BCUT2D eigenvalue weighted by Crippen LogP contribution is -2.44. The summed E-state index contributed by atoms with van der Waals surface area (Å²) in [6.45, 7) is 2.08. The van der Waals surface area contributed by atoms with Gasteiger partial charge in [0.25, 0.3) is 0 Å². The summed E-state index contributed by atoms with van der Waals surface area (Å²) in [6, 6.07) is 8.41. The van der Waals surface area contributed by atoms with E-state index in [1.54, 1.807) is 11.8 Å². The van der Waals surface area contributed by atoms with Crippen LogP contribution in [0.3, 0.4) is 0 Å².